The number of nitrogens with zero attached hydrogens (tertiary/aromatic N) is 1. The number of carbonyl (C=O) groups is 1. The Labute approximate surface area is 116 Å². The van der Waals surface area contributed by atoms with Gasteiger partial charge >= 0.3 is 5.97 Å². The first-order valence-corrected chi connectivity index (χ1v) is 6.55. The Kier molecular flexibility index (Phi) is 4.04. The summed E-state index contributed by atoms with van der Waals surface area (Å²) in [4.78, 5) is 22.1. The van der Waals surface area contributed by atoms with Gasteiger partial charge in [0.1, 0.15) is 0 Å². The molecule has 0 amide bonds. The van der Waals surface area contributed by atoms with Crippen molar-refractivity contribution in [1.29, 1.82) is 0 Å². The van der Waals surface area contributed by atoms with Crippen LogP contribution < -0.4 is 0 Å². The van der Waals surface area contributed by atoms with E-state index in [1.807, 2.05) is 0 Å². The van der Waals surface area contributed by atoms with E-state index in [2.05, 4.69) is 0 Å². The lowest BCUT2D eigenvalue weighted by Gasteiger charge is -2.45. The summed E-state index contributed by atoms with van der Waals surface area (Å²) in [6.45, 7) is 2.03. The normalized spacial score (nSPS) is 24.8. The molecular formula is C14H17NO5. The number of hydrogen-bond acceptors (Lipinski definition) is 5. The molecule has 0 saturated heterocycles. The molecule has 2 rings (SSSR count). The van der Waals surface area contributed by atoms with Gasteiger partial charge in [0.15, 0.2) is 0 Å². The molecule has 0 radical (unpaired) electrons. The van der Waals surface area contributed by atoms with E-state index in [1.54, 1.807) is 19.1 Å². The van der Waals surface area contributed by atoms with Crippen molar-refractivity contribution in [2.75, 3.05) is 6.61 Å². The molecule has 1 N–H and O–H groups in total. The van der Waals surface area contributed by atoms with Gasteiger partial charge in [0.05, 0.1) is 24.1 Å². The number of carbonyl (C=O) groups excluding carboxylic acids is 1. The van der Waals surface area contributed by atoms with Crippen molar-refractivity contribution < 1.29 is 19.6 Å². The van der Waals surface area contributed by atoms with Gasteiger partial charge in [-0.1, -0.05) is 12.1 Å². The van der Waals surface area contributed by atoms with Crippen LogP contribution in [-0.2, 0) is 14.9 Å². The van der Waals surface area contributed by atoms with Crippen LogP contribution in [0.2, 0.25) is 0 Å². The van der Waals surface area contributed by atoms with Crippen molar-refractivity contribution in [1.82, 2.24) is 0 Å². The van der Waals surface area contributed by atoms with Gasteiger partial charge in [-0.25, -0.2) is 0 Å². The second-order valence-electron chi connectivity index (χ2n) is 5.13. The van der Waals surface area contributed by atoms with Crippen LogP contribution in [0.25, 0.3) is 0 Å². The van der Waals surface area contributed by atoms with Gasteiger partial charge in [-0.3, -0.25) is 14.9 Å². The third-order valence-electron chi connectivity index (χ3n) is 3.71. The zero-order valence-corrected chi connectivity index (χ0v) is 11.2. The molecule has 108 valence electrons. The summed E-state index contributed by atoms with van der Waals surface area (Å²) in [5.74, 6) is -0.342. The molecule has 6 heteroatoms. The molecular weight excluding hydrogens is 262 g/mol. The van der Waals surface area contributed by atoms with Gasteiger partial charge in [0.25, 0.3) is 5.69 Å². The summed E-state index contributed by atoms with van der Waals surface area (Å²) in [6.07, 6.45) is 0.516. The molecule has 1 aromatic carbocycles. The van der Waals surface area contributed by atoms with E-state index >= 15 is 0 Å². The number of ether oxygens (including phenoxy) is 1. The van der Waals surface area contributed by atoms with Crippen LogP contribution in [0.15, 0.2) is 24.3 Å². The lowest BCUT2D eigenvalue weighted by molar-refractivity contribution is -0.385. The summed E-state index contributed by atoms with van der Waals surface area (Å²) in [5, 5.41) is 20.4. The summed E-state index contributed by atoms with van der Waals surface area (Å²) in [6, 6.07) is 6.25. The molecule has 0 unspecified atom stereocenters. The predicted octanol–water partition coefficient (Wildman–Crippen LogP) is 1.94. The maximum absolute atomic E-state index is 11.7. The van der Waals surface area contributed by atoms with Crippen LogP contribution in [0, 0.1) is 10.1 Å². The highest BCUT2D eigenvalue weighted by atomic mass is 16.6. The highest BCUT2D eigenvalue weighted by molar-refractivity contribution is 5.72. The topological polar surface area (TPSA) is 89.7 Å². The van der Waals surface area contributed by atoms with E-state index in [-0.39, 0.29) is 18.1 Å². The molecule has 0 spiro atoms. The minimum atomic E-state index is -0.544. The number of non-ortho nitro benzene ring substituents is 1. The third-order valence-corrected chi connectivity index (χ3v) is 3.71. The summed E-state index contributed by atoms with van der Waals surface area (Å²) >= 11 is 0. The van der Waals surface area contributed by atoms with Gasteiger partial charge in [0.2, 0.25) is 0 Å². The number of esters is 1. The number of benzene rings is 1. The first-order valence-electron chi connectivity index (χ1n) is 6.55. The molecule has 0 atom stereocenters. The Bertz CT molecular complexity index is 522. The largest absolute Gasteiger partial charge is 0.466 e. The highest BCUT2D eigenvalue weighted by Gasteiger charge is 2.47. The molecule has 1 aliphatic carbocycles. The second kappa shape index (κ2) is 5.58. The molecule has 6 nitrogen and oxygen atoms in total. The summed E-state index contributed by atoms with van der Waals surface area (Å²) in [7, 11) is 0. The zero-order valence-electron chi connectivity index (χ0n) is 11.2. The minimum Gasteiger partial charge on any atom is -0.466 e. The van der Waals surface area contributed by atoms with Gasteiger partial charge in [-0.15, -0.1) is 0 Å². The average molecular weight is 279 g/mol. The van der Waals surface area contributed by atoms with Gasteiger partial charge in [0, 0.05) is 17.5 Å². The average Bonchev–Trinajstić information content (AvgIpc) is 2.37. The van der Waals surface area contributed by atoms with Gasteiger partial charge in [-0.05, 0) is 25.3 Å². The second-order valence-corrected chi connectivity index (χ2v) is 5.13. The standard InChI is InChI=1S/C14H17NO5/c1-2-20-13(17)9-14(7-12(16)8-14)10-4-3-5-11(6-10)15(18)19/h3-6,12,16H,2,7-9H2,1H3. The Morgan fingerprint density at radius 3 is 2.80 bits per heavy atom. The Hall–Kier alpha value is -1.95. The molecule has 1 fully saturated rings. The number of aliphatic hydroxyl groups is 1. The maximum Gasteiger partial charge on any atom is 0.306 e. The van der Waals surface area contributed by atoms with Crippen LogP contribution in [0.4, 0.5) is 5.69 Å². The summed E-state index contributed by atoms with van der Waals surface area (Å²) < 4.78 is 4.95. The molecule has 0 heterocycles. The molecule has 20 heavy (non-hydrogen) atoms. The Morgan fingerprint density at radius 1 is 1.55 bits per heavy atom. The first kappa shape index (κ1) is 14.5. The van der Waals surface area contributed by atoms with E-state index < -0.39 is 16.4 Å². The van der Waals surface area contributed by atoms with Crippen molar-refractivity contribution >= 4 is 11.7 Å². The number of aliphatic hydroxyl groups excluding tert-OH is 1. The molecule has 1 aromatic rings. The fourth-order valence-electron chi connectivity index (χ4n) is 2.76. The molecule has 0 aromatic heterocycles. The van der Waals surface area contributed by atoms with Crippen molar-refractivity contribution in [3.8, 4) is 0 Å². The molecule has 1 saturated carbocycles. The van der Waals surface area contributed by atoms with Crippen molar-refractivity contribution in [2.24, 2.45) is 0 Å². The van der Waals surface area contributed by atoms with Gasteiger partial charge < -0.3 is 9.84 Å². The number of nitro benzene ring substituents is 1. The zero-order chi connectivity index (χ0) is 14.8. The monoisotopic (exact) mass is 279 g/mol. The van der Waals surface area contributed by atoms with Crippen molar-refractivity contribution in [3.05, 3.63) is 39.9 Å². The smallest absolute Gasteiger partial charge is 0.306 e. The third kappa shape index (κ3) is 2.80. The number of nitro groups is 1. The Morgan fingerprint density at radius 2 is 2.25 bits per heavy atom. The maximum atomic E-state index is 11.7. The highest BCUT2D eigenvalue weighted by Crippen LogP contribution is 2.47. The van der Waals surface area contributed by atoms with E-state index in [1.165, 1.54) is 12.1 Å². The van der Waals surface area contributed by atoms with Gasteiger partial charge in [-0.2, -0.15) is 0 Å². The lowest BCUT2D eigenvalue weighted by atomic mass is 9.61. The van der Waals surface area contributed by atoms with Crippen molar-refractivity contribution in [2.45, 2.75) is 37.7 Å². The fraction of sp³-hybridized carbons (Fsp3) is 0.500. The SMILES string of the molecule is CCOC(=O)CC1(c2cccc([N+](=O)[O-])c2)CC(O)C1. The van der Waals surface area contributed by atoms with E-state index in [0.717, 1.165) is 0 Å². The van der Waals surface area contributed by atoms with Crippen LogP contribution in [0.5, 0.6) is 0 Å². The first-order chi connectivity index (χ1) is 9.47. The van der Waals surface area contributed by atoms with Crippen LogP contribution in [-0.4, -0.2) is 28.7 Å². The van der Waals surface area contributed by atoms with E-state index in [4.69, 9.17) is 4.74 Å². The fourth-order valence-corrected chi connectivity index (χ4v) is 2.76. The lowest BCUT2D eigenvalue weighted by Crippen LogP contribution is -2.46. The quantitative estimate of drug-likeness (QED) is 0.505. The van der Waals surface area contributed by atoms with Crippen LogP contribution >= 0.6 is 0 Å². The molecule has 0 aliphatic heterocycles. The summed E-state index contributed by atoms with van der Waals surface area (Å²) in [5.41, 5.74) is 0.162. The predicted molar refractivity (Wildman–Crippen MR) is 71.3 cm³/mol. The number of rotatable bonds is 5. The van der Waals surface area contributed by atoms with Crippen molar-refractivity contribution in [3.63, 3.8) is 0 Å². The molecule has 0 bridgehead atoms. The minimum absolute atomic E-state index is 0.00729. The van der Waals surface area contributed by atoms with Crippen LogP contribution in [0.1, 0.15) is 31.7 Å². The van der Waals surface area contributed by atoms with Crippen LogP contribution in [0.3, 0.4) is 0 Å². The molecule has 1 aliphatic rings. The van der Waals surface area contributed by atoms with E-state index in [9.17, 15) is 20.0 Å². The number of hydrogen-bond donors (Lipinski definition) is 1. The van der Waals surface area contributed by atoms with E-state index in [0.29, 0.717) is 25.0 Å². The Balaban J connectivity index is 2.26.